The molecule has 2 rings (SSSR count). The van der Waals surface area contributed by atoms with Gasteiger partial charge >= 0.3 is 0 Å². The second-order valence-electron chi connectivity index (χ2n) is 5.15. The van der Waals surface area contributed by atoms with Crippen LogP contribution in [-0.4, -0.2) is 59.3 Å². The highest BCUT2D eigenvalue weighted by Crippen LogP contribution is 2.26. The molecule has 1 saturated heterocycles. The highest BCUT2D eigenvalue weighted by atomic mass is 35.5. The van der Waals surface area contributed by atoms with Crippen molar-refractivity contribution in [3.8, 4) is 5.75 Å². The summed E-state index contributed by atoms with van der Waals surface area (Å²) in [5, 5.41) is 0.270. The average Bonchev–Trinajstić information content (AvgIpc) is 2.53. The third-order valence-electron chi connectivity index (χ3n) is 3.67. The largest absolute Gasteiger partial charge is 0.495 e. The lowest BCUT2D eigenvalue weighted by molar-refractivity contribution is 0.0213. The van der Waals surface area contributed by atoms with Crippen LogP contribution in [0.3, 0.4) is 0 Å². The molecule has 1 atom stereocenters. The number of morpholine rings is 1. The maximum Gasteiger partial charge on any atom is 0.240 e. The normalized spacial score (nSPS) is 18.1. The Balaban J connectivity index is 1.99. The summed E-state index contributed by atoms with van der Waals surface area (Å²) in [7, 11) is -2.11. The molecule has 8 heteroatoms. The van der Waals surface area contributed by atoms with Gasteiger partial charge in [0.15, 0.2) is 0 Å². The number of halogens is 1. The number of methoxy groups -OCH3 is 1. The Morgan fingerprint density at radius 1 is 1.41 bits per heavy atom. The number of benzene rings is 1. The molecule has 124 valence electrons. The van der Waals surface area contributed by atoms with E-state index in [1.165, 1.54) is 19.2 Å². The third-order valence-corrected chi connectivity index (χ3v) is 5.39. The Morgan fingerprint density at radius 2 is 2.09 bits per heavy atom. The van der Waals surface area contributed by atoms with Crippen LogP contribution < -0.4 is 9.46 Å². The molecule has 6 nitrogen and oxygen atoms in total. The third kappa shape index (κ3) is 4.33. The number of nitrogens with zero attached hydrogens (tertiary/aromatic N) is 1. The van der Waals surface area contributed by atoms with E-state index in [0.717, 1.165) is 13.1 Å². The van der Waals surface area contributed by atoms with Crippen molar-refractivity contribution in [2.24, 2.45) is 0 Å². The Hall–Kier alpha value is -0.860. The quantitative estimate of drug-likeness (QED) is 0.840. The van der Waals surface area contributed by atoms with Gasteiger partial charge in [-0.2, -0.15) is 0 Å². The van der Waals surface area contributed by atoms with Crippen LogP contribution in [0.15, 0.2) is 23.1 Å². The summed E-state index contributed by atoms with van der Waals surface area (Å²) >= 11 is 5.98. The standard InChI is InChI=1S/C14H21ClN2O4S/c1-11(17-5-7-21-8-6-17)10-16-22(18,19)12-3-4-14(20-2)13(15)9-12/h3-4,9,11,16H,5-8,10H2,1-2H3. The molecule has 0 aliphatic carbocycles. The second-order valence-corrected chi connectivity index (χ2v) is 7.32. The predicted octanol–water partition coefficient (Wildman–Crippen LogP) is 1.35. The van der Waals surface area contributed by atoms with Gasteiger partial charge in [0.2, 0.25) is 10.0 Å². The van der Waals surface area contributed by atoms with Crippen LogP contribution >= 0.6 is 11.6 Å². The molecule has 1 fully saturated rings. The molecular formula is C14H21ClN2O4S. The maximum absolute atomic E-state index is 12.3. The second kappa shape index (κ2) is 7.61. The van der Waals surface area contributed by atoms with E-state index >= 15 is 0 Å². The fourth-order valence-electron chi connectivity index (χ4n) is 2.28. The van der Waals surface area contributed by atoms with Crippen LogP contribution in [-0.2, 0) is 14.8 Å². The summed E-state index contributed by atoms with van der Waals surface area (Å²) in [6, 6.07) is 4.52. The van der Waals surface area contributed by atoms with Gasteiger partial charge in [0.25, 0.3) is 0 Å². The van der Waals surface area contributed by atoms with Gasteiger partial charge in [-0.25, -0.2) is 13.1 Å². The van der Waals surface area contributed by atoms with E-state index in [0.29, 0.717) is 25.5 Å². The smallest absolute Gasteiger partial charge is 0.240 e. The molecule has 0 radical (unpaired) electrons. The van der Waals surface area contributed by atoms with E-state index in [2.05, 4.69) is 9.62 Å². The fourth-order valence-corrected chi connectivity index (χ4v) is 3.75. The molecule has 1 aromatic carbocycles. The van der Waals surface area contributed by atoms with Crippen LogP contribution in [0.2, 0.25) is 5.02 Å². The maximum atomic E-state index is 12.3. The summed E-state index contributed by atoms with van der Waals surface area (Å²) in [5.74, 6) is 0.447. The number of hydrogen-bond acceptors (Lipinski definition) is 5. The molecule has 1 unspecified atom stereocenters. The lowest BCUT2D eigenvalue weighted by Crippen LogP contribution is -2.47. The van der Waals surface area contributed by atoms with Gasteiger partial charge in [-0.15, -0.1) is 0 Å². The van der Waals surface area contributed by atoms with E-state index in [1.807, 2.05) is 6.92 Å². The summed E-state index contributed by atoms with van der Waals surface area (Å²) in [4.78, 5) is 2.33. The summed E-state index contributed by atoms with van der Waals surface area (Å²) in [6.45, 7) is 5.34. The molecule has 0 amide bonds. The Labute approximate surface area is 136 Å². The molecular weight excluding hydrogens is 328 g/mol. The SMILES string of the molecule is COc1ccc(S(=O)(=O)NCC(C)N2CCOCC2)cc1Cl. The van der Waals surface area contributed by atoms with Gasteiger partial charge in [0, 0.05) is 25.7 Å². The molecule has 0 bridgehead atoms. The van der Waals surface area contributed by atoms with Gasteiger partial charge in [-0.05, 0) is 25.1 Å². The lowest BCUT2D eigenvalue weighted by atomic mass is 10.2. The lowest BCUT2D eigenvalue weighted by Gasteiger charge is -2.32. The Morgan fingerprint density at radius 3 is 2.68 bits per heavy atom. The van der Waals surface area contributed by atoms with Crippen LogP contribution in [0.4, 0.5) is 0 Å². The molecule has 1 aliphatic heterocycles. The van der Waals surface area contributed by atoms with Crippen molar-refractivity contribution >= 4 is 21.6 Å². The van der Waals surface area contributed by atoms with Crippen LogP contribution in [0.1, 0.15) is 6.92 Å². The van der Waals surface area contributed by atoms with Crippen molar-refractivity contribution in [1.29, 1.82) is 0 Å². The van der Waals surface area contributed by atoms with Gasteiger partial charge in [0.1, 0.15) is 5.75 Å². The topological polar surface area (TPSA) is 67.9 Å². The minimum atomic E-state index is -3.59. The van der Waals surface area contributed by atoms with Crippen molar-refractivity contribution in [2.45, 2.75) is 17.9 Å². The molecule has 0 spiro atoms. The van der Waals surface area contributed by atoms with Crippen LogP contribution in [0.5, 0.6) is 5.75 Å². The molecule has 1 N–H and O–H groups in total. The Kier molecular flexibility index (Phi) is 6.05. The van der Waals surface area contributed by atoms with Crippen LogP contribution in [0.25, 0.3) is 0 Å². The minimum Gasteiger partial charge on any atom is -0.495 e. The molecule has 1 heterocycles. The number of ether oxygens (including phenoxy) is 2. The van der Waals surface area contributed by atoms with Crippen molar-refractivity contribution in [3.63, 3.8) is 0 Å². The highest BCUT2D eigenvalue weighted by Gasteiger charge is 2.21. The zero-order chi connectivity index (χ0) is 16.2. The van der Waals surface area contributed by atoms with E-state index in [4.69, 9.17) is 21.1 Å². The number of nitrogens with one attached hydrogen (secondary N) is 1. The van der Waals surface area contributed by atoms with E-state index in [-0.39, 0.29) is 16.0 Å². The number of hydrogen-bond donors (Lipinski definition) is 1. The monoisotopic (exact) mass is 348 g/mol. The van der Waals surface area contributed by atoms with Crippen molar-refractivity contribution < 1.29 is 17.9 Å². The molecule has 0 saturated carbocycles. The molecule has 0 aromatic heterocycles. The van der Waals surface area contributed by atoms with Gasteiger partial charge in [0.05, 0.1) is 30.2 Å². The predicted molar refractivity (Wildman–Crippen MR) is 85.0 cm³/mol. The minimum absolute atomic E-state index is 0.104. The first-order valence-electron chi connectivity index (χ1n) is 7.09. The fraction of sp³-hybridized carbons (Fsp3) is 0.571. The zero-order valence-electron chi connectivity index (χ0n) is 12.7. The zero-order valence-corrected chi connectivity index (χ0v) is 14.3. The molecule has 1 aliphatic rings. The molecule has 22 heavy (non-hydrogen) atoms. The van der Waals surface area contributed by atoms with Crippen LogP contribution in [0, 0.1) is 0 Å². The number of sulfonamides is 1. The van der Waals surface area contributed by atoms with Crippen molar-refractivity contribution in [1.82, 2.24) is 9.62 Å². The number of rotatable bonds is 6. The highest BCUT2D eigenvalue weighted by molar-refractivity contribution is 7.89. The summed E-state index contributed by atoms with van der Waals surface area (Å²) < 4.78 is 37.6. The Bertz CT molecular complexity index is 603. The summed E-state index contributed by atoms with van der Waals surface area (Å²) in [5.41, 5.74) is 0. The average molecular weight is 349 g/mol. The van der Waals surface area contributed by atoms with Crippen molar-refractivity contribution in [2.75, 3.05) is 40.0 Å². The van der Waals surface area contributed by atoms with E-state index in [1.54, 1.807) is 6.07 Å². The molecule has 1 aromatic rings. The first-order chi connectivity index (χ1) is 10.4. The first kappa shape index (κ1) is 17.5. The first-order valence-corrected chi connectivity index (χ1v) is 8.95. The van der Waals surface area contributed by atoms with Crippen molar-refractivity contribution in [3.05, 3.63) is 23.2 Å². The summed E-state index contributed by atoms with van der Waals surface area (Å²) in [6.07, 6.45) is 0. The van der Waals surface area contributed by atoms with Gasteiger partial charge < -0.3 is 9.47 Å². The van der Waals surface area contributed by atoms with Gasteiger partial charge in [-0.1, -0.05) is 11.6 Å². The van der Waals surface area contributed by atoms with E-state index < -0.39 is 10.0 Å². The van der Waals surface area contributed by atoms with Gasteiger partial charge in [-0.3, -0.25) is 4.90 Å². The van der Waals surface area contributed by atoms with E-state index in [9.17, 15) is 8.42 Å².